The van der Waals surface area contributed by atoms with E-state index < -0.39 is 23.9 Å². The largest absolute Gasteiger partial charge is 0.508 e. The van der Waals surface area contributed by atoms with Gasteiger partial charge in [0.05, 0.1) is 5.92 Å². The number of ether oxygens (including phenoxy) is 1. The summed E-state index contributed by atoms with van der Waals surface area (Å²) in [5.41, 5.74) is 4.74. The molecular formula is C42H30O9. The van der Waals surface area contributed by atoms with E-state index in [1.165, 1.54) is 18.2 Å². The third-order valence-electron chi connectivity index (χ3n) is 10.3. The Balaban J connectivity index is 1.34. The summed E-state index contributed by atoms with van der Waals surface area (Å²) >= 11 is 0. The molecule has 0 bridgehead atoms. The highest BCUT2D eigenvalue weighted by Gasteiger charge is 2.42. The SMILES string of the molecule is Oc1ccc(C2Oc3cc4c(cc3C2c2cc(O)cc(O)c2)cc2c3c(c(O)cc(O)c34)C(c3ccc(O)cc3)C2c2cc(O)cc(O)c2)cc1. The fourth-order valence-corrected chi connectivity index (χ4v) is 8.34. The van der Waals surface area contributed by atoms with Gasteiger partial charge in [-0.1, -0.05) is 24.3 Å². The van der Waals surface area contributed by atoms with Gasteiger partial charge in [-0.25, -0.2) is 0 Å². The van der Waals surface area contributed by atoms with E-state index in [1.807, 2.05) is 18.2 Å². The molecule has 0 saturated heterocycles. The summed E-state index contributed by atoms with van der Waals surface area (Å²) in [5, 5.41) is 87.9. The first-order chi connectivity index (χ1) is 24.5. The van der Waals surface area contributed by atoms with Crippen LogP contribution in [0.4, 0.5) is 0 Å². The topological polar surface area (TPSA) is 171 Å². The number of aromatic hydroxyl groups is 8. The van der Waals surface area contributed by atoms with Crippen molar-refractivity contribution in [2.45, 2.75) is 23.9 Å². The van der Waals surface area contributed by atoms with Crippen LogP contribution in [0, 0.1) is 0 Å². The molecule has 252 valence electrons. The summed E-state index contributed by atoms with van der Waals surface area (Å²) in [6, 6.07) is 29.2. The van der Waals surface area contributed by atoms with Gasteiger partial charge in [0.25, 0.3) is 0 Å². The van der Waals surface area contributed by atoms with E-state index in [0.29, 0.717) is 38.6 Å². The number of fused-ring (bicyclic) bond motifs is 3. The van der Waals surface area contributed by atoms with Crippen molar-refractivity contribution in [3.8, 4) is 51.7 Å². The van der Waals surface area contributed by atoms with Crippen molar-refractivity contribution in [2.24, 2.45) is 0 Å². The van der Waals surface area contributed by atoms with Gasteiger partial charge in [-0.2, -0.15) is 0 Å². The zero-order chi connectivity index (χ0) is 35.3. The molecule has 9 nitrogen and oxygen atoms in total. The summed E-state index contributed by atoms with van der Waals surface area (Å²) in [7, 11) is 0. The van der Waals surface area contributed by atoms with Crippen LogP contribution in [0.5, 0.6) is 51.7 Å². The summed E-state index contributed by atoms with van der Waals surface area (Å²) in [6.45, 7) is 0. The molecule has 4 atom stereocenters. The zero-order valence-electron chi connectivity index (χ0n) is 26.7. The van der Waals surface area contributed by atoms with Crippen LogP contribution >= 0.6 is 0 Å². The molecule has 2 aliphatic rings. The van der Waals surface area contributed by atoms with E-state index >= 15 is 0 Å². The molecule has 4 unspecified atom stereocenters. The van der Waals surface area contributed by atoms with Crippen molar-refractivity contribution < 1.29 is 45.6 Å². The Morgan fingerprint density at radius 3 is 1.51 bits per heavy atom. The number of hydrogen-bond donors (Lipinski definition) is 8. The maximum atomic E-state index is 11.6. The van der Waals surface area contributed by atoms with E-state index in [9.17, 15) is 40.9 Å². The molecule has 8 N–H and O–H groups in total. The van der Waals surface area contributed by atoms with Crippen molar-refractivity contribution in [1.29, 1.82) is 0 Å². The number of benzene rings is 7. The van der Waals surface area contributed by atoms with Gasteiger partial charge in [0, 0.05) is 46.5 Å². The van der Waals surface area contributed by atoms with Crippen LogP contribution in [0.2, 0.25) is 0 Å². The summed E-state index contributed by atoms with van der Waals surface area (Å²) in [5.74, 6) is -1.68. The van der Waals surface area contributed by atoms with Gasteiger partial charge in [-0.15, -0.1) is 0 Å². The lowest BCUT2D eigenvalue weighted by Crippen LogP contribution is -2.11. The van der Waals surface area contributed by atoms with Crippen molar-refractivity contribution >= 4 is 21.5 Å². The molecule has 0 spiro atoms. The van der Waals surface area contributed by atoms with Crippen LogP contribution < -0.4 is 4.74 Å². The van der Waals surface area contributed by atoms with Crippen LogP contribution in [-0.2, 0) is 0 Å². The Labute approximate surface area is 290 Å². The van der Waals surface area contributed by atoms with Gasteiger partial charge in [-0.3, -0.25) is 0 Å². The van der Waals surface area contributed by atoms with Crippen LogP contribution in [0.15, 0.2) is 109 Å². The summed E-state index contributed by atoms with van der Waals surface area (Å²) < 4.78 is 6.64. The molecule has 0 amide bonds. The number of hydrogen-bond acceptors (Lipinski definition) is 9. The highest BCUT2D eigenvalue weighted by molar-refractivity contribution is 6.16. The lowest BCUT2D eigenvalue weighted by atomic mass is 9.79. The Bertz CT molecular complexity index is 2520. The lowest BCUT2D eigenvalue weighted by Gasteiger charge is -2.24. The Morgan fingerprint density at radius 2 is 0.922 bits per heavy atom. The number of rotatable bonds is 4. The van der Waals surface area contributed by atoms with Crippen molar-refractivity contribution in [2.75, 3.05) is 0 Å². The van der Waals surface area contributed by atoms with Gasteiger partial charge in [0.2, 0.25) is 0 Å². The van der Waals surface area contributed by atoms with Gasteiger partial charge < -0.3 is 45.6 Å². The van der Waals surface area contributed by atoms with Crippen molar-refractivity contribution in [3.05, 3.63) is 148 Å². The van der Waals surface area contributed by atoms with Crippen molar-refractivity contribution in [1.82, 2.24) is 0 Å². The molecule has 9 rings (SSSR count). The average Bonchev–Trinajstić information content (AvgIpc) is 3.61. The molecule has 51 heavy (non-hydrogen) atoms. The Morgan fingerprint density at radius 1 is 0.392 bits per heavy atom. The Kier molecular flexibility index (Phi) is 6.47. The normalized spacial score (nSPS) is 19.0. The quantitative estimate of drug-likeness (QED) is 0.0855. The third kappa shape index (κ3) is 4.69. The predicted octanol–water partition coefficient (Wildman–Crippen LogP) is 8.18. The summed E-state index contributed by atoms with van der Waals surface area (Å²) in [4.78, 5) is 0. The molecule has 7 aromatic carbocycles. The molecule has 1 heterocycles. The van der Waals surface area contributed by atoms with Crippen LogP contribution in [0.25, 0.3) is 21.5 Å². The van der Waals surface area contributed by atoms with Crippen LogP contribution in [0.1, 0.15) is 62.8 Å². The Hall–Kier alpha value is -6.74. The maximum Gasteiger partial charge on any atom is 0.135 e. The second kappa shape index (κ2) is 10.9. The van der Waals surface area contributed by atoms with Gasteiger partial charge in [-0.05, 0) is 111 Å². The number of phenolic OH excluding ortho intramolecular Hbond substituents is 8. The van der Waals surface area contributed by atoms with Crippen molar-refractivity contribution in [3.63, 3.8) is 0 Å². The second-order valence-electron chi connectivity index (χ2n) is 13.4. The molecule has 0 aromatic heterocycles. The van der Waals surface area contributed by atoms with E-state index in [1.54, 1.807) is 72.8 Å². The first-order valence-corrected chi connectivity index (χ1v) is 16.3. The van der Waals surface area contributed by atoms with Crippen LogP contribution in [0.3, 0.4) is 0 Å². The standard InChI is InChI=1S/C42H30O9/c43-24-5-1-19(2-6-24)38-36(22-9-26(45)15-27(46)10-22)32-14-21-13-31-35(17-30(21)39-33(49)18-34(50)41(38)40(32)39)51-42(20-3-7-25(44)8-4-20)37(31)23-11-28(47)16-29(48)12-23/h1-18,36-38,42-50H. The first-order valence-electron chi connectivity index (χ1n) is 16.3. The molecular weight excluding hydrogens is 648 g/mol. The highest BCUT2D eigenvalue weighted by atomic mass is 16.5. The molecule has 1 aliphatic heterocycles. The second-order valence-corrected chi connectivity index (χ2v) is 13.4. The molecule has 1 aliphatic carbocycles. The third-order valence-corrected chi connectivity index (χ3v) is 10.3. The smallest absolute Gasteiger partial charge is 0.135 e. The zero-order valence-corrected chi connectivity index (χ0v) is 26.7. The lowest BCUT2D eigenvalue weighted by molar-refractivity contribution is 0.222. The monoisotopic (exact) mass is 678 g/mol. The fraction of sp³-hybridized carbons (Fsp3) is 0.0952. The minimum Gasteiger partial charge on any atom is -0.508 e. The minimum absolute atomic E-state index is 0.0707. The highest BCUT2D eigenvalue weighted by Crippen LogP contribution is 2.60. The molecule has 0 radical (unpaired) electrons. The van der Waals surface area contributed by atoms with E-state index in [2.05, 4.69) is 0 Å². The molecule has 0 saturated carbocycles. The summed E-state index contributed by atoms with van der Waals surface area (Å²) in [6.07, 6.45) is -0.604. The van der Waals surface area contributed by atoms with E-state index in [-0.39, 0.29) is 46.0 Å². The molecule has 0 fully saturated rings. The predicted molar refractivity (Wildman–Crippen MR) is 189 cm³/mol. The van der Waals surface area contributed by atoms with Gasteiger partial charge in [0.1, 0.15) is 57.8 Å². The number of phenols is 8. The van der Waals surface area contributed by atoms with Gasteiger partial charge in [0.15, 0.2) is 0 Å². The van der Waals surface area contributed by atoms with Crippen LogP contribution in [-0.4, -0.2) is 40.9 Å². The van der Waals surface area contributed by atoms with E-state index in [0.717, 1.165) is 27.6 Å². The minimum atomic E-state index is -0.604. The average molecular weight is 679 g/mol. The maximum absolute atomic E-state index is 11.6. The molecule has 7 aromatic rings. The fourth-order valence-electron chi connectivity index (χ4n) is 8.34. The first kappa shape index (κ1) is 30.3. The van der Waals surface area contributed by atoms with E-state index in [4.69, 9.17) is 4.74 Å². The molecule has 9 heteroatoms. The van der Waals surface area contributed by atoms with Gasteiger partial charge >= 0.3 is 0 Å².